The van der Waals surface area contributed by atoms with Gasteiger partial charge in [-0.1, -0.05) is 0 Å². The maximum Gasteiger partial charge on any atom is 0.271 e. The van der Waals surface area contributed by atoms with Crippen LogP contribution in [-0.2, 0) is 6.54 Å². The van der Waals surface area contributed by atoms with Crippen molar-refractivity contribution in [1.29, 1.82) is 0 Å². The van der Waals surface area contributed by atoms with E-state index < -0.39 is 0 Å². The van der Waals surface area contributed by atoms with E-state index in [0.29, 0.717) is 6.54 Å². The van der Waals surface area contributed by atoms with Gasteiger partial charge in [0.05, 0.1) is 23.9 Å². The third-order valence-electron chi connectivity index (χ3n) is 1.98. The molecule has 0 bridgehead atoms. The largest absolute Gasteiger partial charge is 0.382 e. The van der Waals surface area contributed by atoms with Crippen molar-refractivity contribution >= 4 is 23.1 Å². The Kier molecular flexibility index (Phi) is 3.29. The SMILES string of the molecule is Cc1ncc(CNC(=O)c2cncc(N)n2)s1. The van der Waals surface area contributed by atoms with Crippen LogP contribution in [0.1, 0.15) is 20.4 Å². The maximum atomic E-state index is 11.7. The summed E-state index contributed by atoms with van der Waals surface area (Å²) in [7, 11) is 0. The van der Waals surface area contributed by atoms with Crippen LogP contribution < -0.4 is 11.1 Å². The fraction of sp³-hybridized carbons (Fsp3) is 0.200. The molecule has 7 heteroatoms. The second-order valence-electron chi connectivity index (χ2n) is 3.36. The minimum Gasteiger partial charge on any atom is -0.382 e. The summed E-state index contributed by atoms with van der Waals surface area (Å²) >= 11 is 1.54. The Labute approximate surface area is 102 Å². The standard InChI is InChI=1S/C10H11N5OS/c1-6-13-2-7(17-6)3-14-10(16)8-4-12-5-9(11)15-8/h2,4-5H,3H2,1H3,(H2,11,15)(H,14,16). The van der Waals surface area contributed by atoms with Gasteiger partial charge in [-0.15, -0.1) is 11.3 Å². The molecule has 0 saturated heterocycles. The van der Waals surface area contributed by atoms with Gasteiger partial charge in [-0.3, -0.25) is 9.78 Å². The molecule has 17 heavy (non-hydrogen) atoms. The predicted molar refractivity (Wildman–Crippen MR) is 64.5 cm³/mol. The average molecular weight is 249 g/mol. The first-order chi connectivity index (χ1) is 8.15. The van der Waals surface area contributed by atoms with Crippen molar-refractivity contribution < 1.29 is 4.79 Å². The molecule has 0 aromatic carbocycles. The van der Waals surface area contributed by atoms with E-state index in [1.54, 1.807) is 17.5 Å². The Balaban J connectivity index is 1.98. The second kappa shape index (κ2) is 4.88. The zero-order chi connectivity index (χ0) is 12.3. The van der Waals surface area contributed by atoms with Crippen LogP contribution in [0.25, 0.3) is 0 Å². The Bertz CT molecular complexity index is 539. The molecule has 1 amide bonds. The predicted octanol–water partition coefficient (Wildman–Crippen LogP) is 0.754. The lowest BCUT2D eigenvalue weighted by atomic mass is 10.4. The first-order valence-corrected chi connectivity index (χ1v) is 5.74. The van der Waals surface area contributed by atoms with E-state index in [1.165, 1.54) is 12.4 Å². The Morgan fingerprint density at radius 1 is 1.47 bits per heavy atom. The molecule has 0 fully saturated rings. The molecule has 6 nitrogen and oxygen atoms in total. The third-order valence-corrected chi connectivity index (χ3v) is 2.89. The van der Waals surface area contributed by atoms with Gasteiger partial charge in [0, 0.05) is 11.1 Å². The Morgan fingerprint density at radius 3 is 2.94 bits per heavy atom. The van der Waals surface area contributed by atoms with E-state index in [1.807, 2.05) is 6.92 Å². The molecule has 0 spiro atoms. The molecule has 3 N–H and O–H groups in total. The molecular weight excluding hydrogens is 238 g/mol. The van der Waals surface area contributed by atoms with Gasteiger partial charge in [0.25, 0.3) is 5.91 Å². The number of amides is 1. The van der Waals surface area contributed by atoms with Crippen molar-refractivity contribution in [3.05, 3.63) is 34.2 Å². The van der Waals surface area contributed by atoms with Crippen molar-refractivity contribution in [2.45, 2.75) is 13.5 Å². The van der Waals surface area contributed by atoms with Crippen LogP contribution >= 0.6 is 11.3 Å². The number of rotatable bonds is 3. The van der Waals surface area contributed by atoms with Crippen LogP contribution in [0.3, 0.4) is 0 Å². The second-order valence-corrected chi connectivity index (χ2v) is 4.68. The number of nitrogen functional groups attached to an aromatic ring is 1. The van der Waals surface area contributed by atoms with Gasteiger partial charge in [-0.2, -0.15) is 0 Å². The zero-order valence-corrected chi connectivity index (χ0v) is 9.99. The topological polar surface area (TPSA) is 93.8 Å². The van der Waals surface area contributed by atoms with E-state index in [9.17, 15) is 4.79 Å². The molecule has 0 aliphatic carbocycles. The lowest BCUT2D eigenvalue weighted by molar-refractivity contribution is 0.0946. The summed E-state index contributed by atoms with van der Waals surface area (Å²) in [6.45, 7) is 2.35. The van der Waals surface area contributed by atoms with Gasteiger partial charge < -0.3 is 11.1 Å². The van der Waals surface area contributed by atoms with E-state index >= 15 is 0 Å². The number of carbonyl (C=O) groups is 1. The molecular formula is C10H11N5OS. The fourth-order valence-electron chi connectivity index (χ4n) is 1.24. The van der Waals surface area contributed by atoms with Crippen LogP contribution in [-0.4, -0.2) is 20.9 Å². The zero-order valence-electron chi connectivity index (χ0n) is 9.17. The first-order valence-electron chi connectivity index (χ1n) is 4.92. The van der Waals surface area contributed by atoms with Crippen LogP contribution in [0, 0.1) is 6.92 Å². The number of hydrogen-bond donors (Lipinski definition) is 2. The normalized spacial score (nSPS) is 10.2. The number of nitrogens with two attached hydrogens (primary N) is 1. The van der Waals surface area contributed by atoms with Gasteiger partial charge in [0.1, 0.15) is 11.5 Å². The number of aromatic nitrogens is 3. The number of nitrogens with zero attached hydrogens (tertiary/aromatic N) is 3. The quantitative estimate of drug-likeness (QED) is 0.837. The number of aryl methyl sites for hydroxylation is 1. The molecule has 88 valence electrons. The number of anilines is 1. The average Bonchev–Trinajstić information content (AvgIpc) is 2.72. The highest BCUT2D eigenvalue weighted by Crippen LogP contribution is 2.10. The molecule has 0 unspecified atom stereocenters. The highest BCUT2D eigenvalue weighted by Gasteiger charge is 2.08. The van der Waals surface area contributed by atoms with Gasteiger partial charge in [-0.05, 0) is 6.92 Å². The van der Waals surface area contributed by atoms with E-state index in [2.05, 4.69) is 20.3 Å². The lowest BCUT2D eigenvalue weighted by Gasteiger charge is -2.02. The third kappa shape index (κ3) is 2.97. The highest BCUT2D eigenvalue weighted by molar-refractivity contribution is 7.11. The fourth-order valence-corrected chi connectivity index (χ4v) is 1.97. The highest BCUT2D eigenvalue weighted by atomic mass is 32.1. The number of hydrogen-bond acceptors (Lipinski definition) is 6. The summed E-state index contributed by atoms with van der Waals surface area (Å²) in [5.74, 6) is -0.0675. The van der Waals surface area contributed by atoms with Crippen LogP contribution in [0.5, 0.6) is 0 Å². The maximum absolute atomic E-state index is 11.7. The number of nitrogens with one attached hydrogen (secondary N) is 1. The Morgan fingerprint density at radius 2 is 2.29 bits per heavy atom. The lowest BCUT2D eigenvalue weighted by Crippen LogP contribution is -2.23. The van der Waals surface area contributed by atoms with Crippen LogP contribution in [0.2, 0.25) is 0 Å². The monoisotopic (exact) mass is 249 g/mol. The minimum atomic E-state index is -0.296. The minimum absolute atomic E-state index is 0.214. The van der Waals surface area contributed by atoms with E-state index in [0.717, 1.165) is 9.88 Å². The van der Waals surface area contributed by atoms with Crippen LogP contribution in [0.4, 0.5) is 5.82 Å². The Hall–Kier alpha value is -2.02. The molecule has 2 aromatic rings. The molecule has 2 aromatic heterocycles. The summed E-state index contributed by atoms with van der Waals surface area (Å²) in [6, 6.07) is 0. The summed E-state index contributed by atoms with van der Waals surface area (Å²) in [5, 5.41) is 3.70. The van der Waals surface area contributed by atoms with E-state index in [4.69, 9.17) is 5.73 Å². The van der Waals surface area contributed by atoms with Crippen molar-refractivity contribution in [2.24, 2.45) is 0 Å². The summed E-state index contributed by atoms with van der Waals surface area (Å²) < 4.78 is 0. The van der Waals surface area contributed by atoms with Gasteiger partial charge in [0.2, 0.25) is 0 Å². The van der Waals surface area contributed by atoms with Crippen molar-refractivity contribution in [1.82, 2.24) is 20.3 Å². The smallest absolute Gasteiger partial charge is 0.271 e. The van der Waals surface area contributed by atoms with Gasteiger partial charge in [-0.25, -0.2) is 9.97 Å². The first kappa shape index (κ1) is 11.5. The van der Waals surface area contributed by atoms with Gasteiger partial charge in [0.15, 0.2) is 0 Å². The van der Waals surface area contributed by atoms with Crippen molar-refractivity contribution in [2.75, 3.05) is 5.73 Å². The van der Waals surface area contributed by atoms with Crippen molar-refractivity contribution in [3.63, 3.8) is 0 Å². The molecule has 0 atom stereocenters. The van der Waals surface area contributed by atoms with E-state index in [-0.39, 0.29) is 17.4 Å². The molecule has 0 aliphatic rings. The summed E-state index contributed by atoms with van der Waals surface area (Å²) in [6.07, 6.45) is 4.51. The summed E-state index contributed by atoms with van der Waals surface area (Å²) in [4.78, 5) is 24.5. The number of thiazole rings is 1. The molecule has 2 heterocycles. The molecule has 0 aliphatic heterocycles. The van der Waals surface area contributed by atoms with Gasteiger partial charge >= 0.3 is 0 Å². The molecule has 0 saturated carbocycles. The molecule has 2 rings (SSSR count). The summed E-state index contributed by atoms with van der Waals surface area (Å²) in [5.41, 5.74) is 5.66. The number of carbonyl (C=O) groups excluding carboxylic acids is 1. The molecule has 0 radical (unpaired) electrons. The van der Waals surface area contributed by atoms with Crippen LogP contribution in [0.15, 0.2) is 18.6 Å². The van der Waals surface area contributed by atoms with Crippen molar-refractivity contribution in [3.8, 4) is 0 Å².